The van der Waals surface area contributed by atoms with Crippen LogP contribution in [0.1, 0.15) is 18.4 Å². The summed E-state index contributed by atoms with van der Waals surface area (Å²) in [6, 6.07) is 20.3. The van der Waals surface area contributed by atoms with Crippen LogP contribution in [-0.4, -0.2) is 18.7 Å². The lowest BCUT2D eigenvalue weighted by molar-refractivity contribution is -0.120. The van der Waals surface area contributed by atoms with Crippen molar-refractivity contribution in [2.24, 2.45) is 16.9 Å². The average molecular weight is 358 g/mol. The zero-order valence-corrected chi connectivity index (χ0v) is 15.0. The number of benzene rings is 2. The molecule has 0 bridgehead atoms. The third-order valence-corrected chi connectivity index (χ3v) is 4.68. The molecule has 6 nitrogen and oxygen atoms in total. The van der Waals surface area contributed by atoms with E-state index < -0.39 is 17.8 Å². The first-order valence-electron chi connectivity index (χ1n) is 8.48. The van der Waals surface area contributed by atoms with E-state index in [1.807, 2.05) is 30.3 Å². The number of methoxy groups -OCH3 is 1. The minimum Gasteiger partial charge on any atom is -0.496 e. The van der Waals surface area contributed by atoms with Gasteiger partial charge in [0.25, 0.3) is 5.91 Å². The van der Waals surface area contributed by atoms with Gasteiger partial charge in [0.2, 0.25) is 0 Å². The van der Waals surface area contributed by atoms with E-state index in [2.05, 4.69) is 5.10 Å². The topological polar surface area (TPSA) is 89.5 Å². The molecule has 0 aromatic heterocycles. The average Bonchev–Trinajstić information content (AvgIpc) is 3.01. The summed E-state index contributed by atoms with van der Waals surface area (Å²) in [4.78, 5) is 13.2. The summed E-state index contributed by atoms with van der Waals surface area (Å²) in [5.41, 5.74) is 1.86. The molecule has 3 rings (SSSR count). The van der Waals surface area contributed by atoms with Crippen molar-refractivity contribution in [2.45, 2.75) is 12.8 Å². The quantitative estimate of drug-likeness (QED) is 0.818. The first kappa shape index (κ1) is 18.2. The van der Waals surface area contributed by atoms with Crippen molar-refractivity contribution >= 4 is 17.3 Å². The predicted octanol–water partition coefficient (Wildman–Crippen LogP) is 3.48. The molecule has 0 fully saturated rings. The highest BCUT2D eigenvalue weighted by Gasteiger charge is 2.45. The minimum absolute atomic E-state index is 0.259. The van der Waals surface area contributed by atoms with E-state index in [1.54, 1.807) is 43.3 Å². The Labute approximate surface area is 157 Å². The molecule has 0 spiro atoms. The first-order chi connectivity index (χ1) is 13.1. The molecule has 1 aliphatic heterocycles. The molecule has 0 radical (unpaired) electrons. The van der Waals surface area contributed by atoms with Crippen LogP contribution in [0.4, 0.5) is 5.69 Å². The minimum atomic E-state index is -1.02. The van der Waals surface area contributed by atoms with Gasteiger partial charge in [-0.3, -0.25) is 4.79 Å². The number of rotatable bonds is 5. The monoisotopic (exact) mass is 358 g/mol. The lowest BCUT2D eigenvalue weighted by Gasteiger charge is -2.25. The lowest BCUT2D eigenvalue weighted by atomic mass is 9.75. The van der Waals surface area contributed by atoms with Crippen LogP contribution in [0.3, 0.4) is 0 Å². The zero-order valence-electron chi connectivity index (χ0n) is 15.0. The molecule has 1 amide bonds. The number of hydrogen-bond acceptors (Lipinski definition) is 5. The molecule has 2 aromatic carbocycles. The number of nitrogens with zero attached hydrogens (tertiary/aromatic N) is 4. The number of carbonyl (C=O) groups is 1. The summed E-state index contributed by atoms with van der Waals surface area (Å²) in [5, 5.41) is 24.9. The lowest BCUT2D eigenvalue weighted by Crippen LogP contribution is -2.34. The fourth-order valence-corrected chi connectivity index (χ4v) is 3.43. The summed E-state index contributed by atoms with van der Waals surface area (Å²) >= 11 is 0. The second-order valence-corrected chi connectivity index (χ2v) is 6.21. The summed E-state index contributed by atoms with van der Waals surface area (Å²) in [6.07, 6.45) is 0. The van der Waals surface area contributed by atoms with Crippen molar-refractivity contribution in [3.63, 3.8) is 0 Å². The van der Waals surface area contributed by atoms with Gasteiger partial charge in [-0.15, -0.1) is 0 Å². The molecular weight excluding hydrogens is 340 g/mol. The normalized spacial score (nSPS) is 17.2. The van der Waals surface area contributed by atoms with Crippen molar-refractivity contribution < 1.29 is 9.53 Å². The Kier molecular flexibility index (Phi) is 5.19. The molecule has 2 aromatic rings. The van der Waals surface area contributed by atoms with E-state index in [0.29, 0.717) is 22.7 Å². The van der Waals surface area contributed by atoms with Gasteiger partial charge in [-0.25, -0.2) is 5.01 Å². The van der Waals surface area contributed by atoms with E-state index >= 15 is 0 Å². The molecule has 0 aliphatic carbocycles. The smallest absolute Gasteiger partial charge is 0.256 e. The number of hydrazone groups is 1. The highest BCUT2D eigenvalue weighted by molar-refractivity contribution is 6.15. The van der Waals surface area contributed by atoms with Crippen LogP contribution >= 0.6 is 0 Å². The zero-order chi connectivity index (χ0) is 19.4. The second kappa shape index (κ2) is 7.72. The number of carbonyl (C=O) groups excluding carboxylic acids is 1. The second-order valence-electron chi connectivity index (χ2n) is 6.21. The molecule has 0 saturated carbocycles. The summed E-state index contributed by atoms with van der Waals surface area (Å²) in [7, 11) is 1.53. The Hall–Kier alpha value is -3.64. The molecule has 6 heteroatoms. The van der Waals surface area contributed by atoms with Gasteiger partial charge in [-0.1, -0.05) is 36.4 Å². The Morgan fingerprint density at radius 1 is 1.07 bits per heavy atom. The highest BCUT2D eigenvalue weighted by Crippen LogP contribution is 2.41. The SMILES string of the molecule is COc1ccccc1C(C(C#N)C#N)C1C(=O)N(c2ccccc2)N=C1C. The van der Waals surface area contributed by atoms with Crippen LogP contribution in [0.25, 0.3) is 0 Å². The van der Waals surface area contributed by atoms with E-state index in [1.165, 1.54) is 12.1 Å². The van der Waals surface area contributed by atoms with Crippen LogP contribution in [0.15, 0.2) is 59.7 Å². The molecule has 27 heavy (non-hydrogen) atoms. The van der Waals surface area contributed by atoms with Crippen LogP contribution in [0, 0.1) is 34.5 Å². The van der Waals surface area contributed by atoms with Crippen LogP contribution < -0.4 is 9.75 Å². The standard InChI is InChI=1S/C21H18N4O2/c1-14-19(21(26)25(24-14)16-8-4-3-5-9-16)20(15(12-22)13-23)17-10-6-7-11-18(17)27-2/h3-11,15,19-20H,1-2H3. The molecule has 2 unspecified atom stereocenters. The predicted molar refractivity (Wildman–Crippen MR) is 101 cm³/mol. The van der Waals surface area contributed by atoms with Crippen molar-refractivity contribution in [1.29, 1.82) is 10.5 Å². The Bertz CT molecular complexity index is 942. The fraction of sp³-hybridized carbons (Fsp3) is 0.238. The molecule has 0 saturated heterocycles. The van der Waals surface area contributed by atoms with E-state index in [0.717, 1.165) is 0 Å². The highest BCUT2D eigenvalue weighted by atomic mass is 16.5. The molecule has 2 atom stereocenters. The van der Waals surface area contributed by atoms with Gasteiger partial charge in [-0.2, -0.15) is 15.6 Å². The number of hydrogen-bond donors (Lipinski definition) is 0. The van der Waals surface area contributed by atoms with Gasteiger partial charge in [0.15, 0.2) is 0 Å². The Balaban J connectivity index is 2.09. The number of anilines is 1. The molecule has 0 N–H and O–H groups in total. The Morgan fingerprint density at radius 2 is 1.70 bits per heavy atom. The van der Waals surface area contributed by atoms with E-state index in [4.69, 9.17) is 4.74 Å². The first-order valence-corrected chi connectivity index (χ1v) is 8.48. The maximum absolute atomic E-state index is 13.2. The van der Waals surface area contributed by atoms with Crippen LogP contribution in [0.5, 0.6) is 5.75 Å². The van der Waals surface area contributed by atoms with Crippen molar-refractivity contribution in [3.8, 4) is 17.9 Å². The van der Waals surface area contributed by atoms with E-state index in [-0.39, 0.29) is 5.91 Å². The number of nitriles is 2. The molecule has 1 aliphatic rings. The van der Waals surface area contributed by atoms with Crippen molar-refractivity contribution in [2.75, 3.05) is 12.1 Å². The molecule has 1 heterocycles. The number of amides is 1. The maximum atomic E-state index is 13.2. The summed E-state index contributed by atoms with van der Waals surface area (Å²) < 4.78 is 5.42. The van der Waals surface area contributed by atoms with Crippen LogP contribution in [-0.2, 0) is 4.79 Å². The number of para-hydroxylation sites is 2. The van der Waals surface area contributed by atoms with Crippen molar-refractivity contribution in [1.82, 2.24) is 0 Å². The fourth-order valence-electron chi connectivity index (χ4n) is 3.43. The third-order valence-electron chi connectivity index (χ3n) is 4.68. The molecule has 134 valence electrons. The number of ether oxygens (including phenoxy) is 1. The van der Waals surface area contributed by atoms with Gasteiger partial charge in [0.1, 0.15) is 11.7 Å². The maximum Gasteiger partial charge on any atom is 0.256 e. The van der Waals surface area contributed by atoms with Crippen LogP contribution in [0.2, 0.25) is 0 Å². The third kappa shape index (κ3) is 3.26. The molecular formula is C21H18N4O2. The van der Waals surface area contributed by atoms with Gasteiger partial charge < -0.3 is 4.74 Å². The summed E-state index contributed by atoms with van der Waals surface area (Å²) in [6.45, 7) is 1.75. The van der Waals surface area contributed by atoms with E-state index in [9.17, 15) is 15.3 Å². The van der Waals surface area contributed by atoms with Crippen molar-refractivity contribution in [3.05, 3.63) is 60.2 Å². The largest absolute Gasteiger partial charge is 0.496 e. The van der Waals surface area contributed by atoms with Gasteiger partial charge in [0, 0.05) is 17.2 Å². The van der Waals surface area contributed by atoms with Gasteiger partial charge in [-0.05, 0) is 25.1 Å². The Morgan fingerprint density at radius 3 is 2.33 bits per heavy atom. The summed E-state index contributed by atoms with van der Waals surface area (Å²) in [5.74, 6) is -2.13. The van der Waals surface area contributed by atoms with Gasteiger partial charge in [0.05, 0.1) is 30.9 Å². The van der Waals surface area contributed by atoms with Gasteiger partial charge >= 0.3 is 0 Å².